The molecule has 23 heavy (non-hydrogen) atoms. The fraction of sp³-hybridized carbons (Fsp3) is 0.533. The van der Waals surface area contributed by atoms with Crippen molar-refractivity contribution in [2.24, 2.45) is 0 Å². The van der Waals surface area contributed by atoms with Gasteiger partial charge in [-0.1, -0.05) is 0 Å². The molecule has 7 nitrogen and oxygen atoms in total. The van der Waals surface area contributed by atoms with Crippen molar-refractivity contribution in [2.45, 2.75) is 23.8 Å². The Bertz CT molecular complexity index is 743. The summed E-state index contributed by atoms with van der Waals surface area (Å²) in [7, 11) is -3.52. The molecule has 8 heteroatoms. The van der Waals surface area contributed by atoms with Crippen LogP contribution in [0, 0.1) is 0 Å². The van der Waals surface area contributed by atoms with Crippen LogP contribution in [-0.4, -0.2) is 57.5 Å². The highest BCUT2D eigenvalue weighted by molar-refractivity contribution is 7.89. The third-order valence-electron chi connectivity index (χ3n) is 4.66. The van der Waals surface area contributed by atoms with Crippen LogP contribution in [-0.2, 0) is 14.8 Å². The minimum Gasteiger partial charge on any atom is -0.489 e. The van der Waals surface area contributed by atoms with Crippen LogP contribution in [0.4, 0.5) is 5.69 Å². The van der Waals surface area contributed by atoms with Gasteiger partial charge in [-0.25, -0.2) is 8.42 Å². The minimum absolute atomic E-state index is 0.0747. The maximum Gasteiger partial charge on any atom is 0.243 e. The number of amides is 1. The molecule has 0 spiro atoms. The monoisotopic (exact) mass is 337 g/mol. The number of carbonyl (C=O) groups is 1. The van der Waals surface area contributed by atoms with E-state index in [0.717, 1.165) is 6.42 Å². The molecule has 4 rings (SSSR count). The molecule has 2 fully saturated rings. The number of hydrogen-bond acceptors (Lipinski definition) is 5. The summed E-state index contributed by atoms with van der Waals surface area (Å²) in [4.78, 5) is 14.0. The molecular formula is C15H19N3O4S. The number of hydrogen-bond donors (Lipinski definition) is 1. The van der Waals surface area contributed by atoms with Gasteiger partial charge in [-0.3, -0.25) is 4.79 Å². The van der Waals surface area contributed by atoms with E-state index in [2.05, 4.69) is 5.32 Å². The Morgan fingerprint density at radius 1 is 1.22 bits per heavy atom. The van der Waals surface area contributed by atoms with Gasteiger partial charge in [-0.05, 0) is 18.6 Å². The smallest absolute Gasteiger partial charge is 0.243 e. The fourth-order valence-electron chi connectivity index (χ4n) is 3.42. The van der Waals surface area contributed by atoms with E-state index in [1.165, 1.54) is 4.31 Å². The van der Waals surface area contributed by atoms with E-state index in [4.69, 9.17) is 4.74 Å². The number of nitrogens with one attached hydrogen (secondary N) is 1. The molecule has 3 aliphatic heterocycles. The molecule has 3 aliphatic rings. The molecule has 3 heterocycles. The van der Waals surface area contributed by atoms with Gasteiger partial charge in [0.05, 0.1) is 16.6 Å². The highest BCUT2D eigenvalue weighted by atomic mass is 32.2. The summed E-state index contributed by atoms with van der Waals surface area (Å²) in [6.45, 7) is 2.67. The number of sulfonamides is 1. The van der Waals surface area contributed by atoms with Crippen LogP contribution in [0.3, 0.4) is 0 Å². The quantitative estimate of drug-likeness (QED) is 0.832. The number of nitrogens with zero attached hydrogens (tertiary/aromatic N) is 2. The third kappa shape index (κ3) is 2.41. The predicted octanol–water partition coefficient (Wildman–Crippen LogP) is 0.168. The number of piperazine rings is 1. The number of benzene rings is 1. The number of fused-ring (bicyclic) bond motifs is 3. The van der Waals surface area contributed by atoms with Gasteiger partial charge < -0.3 is 15.0 Å². The first kappa shape index (κ1) is 14.9. The summed E-state index contributed by atoms with van der Waals surface area (Å²) in [6, 6.07) is 4.90. The Kier molecular flexibility index (Phi) is 3.55. The number of ether oxygens (including phenoxy) is 1. The molecule has 1 unspecified atom stereocenters. The second-order valence-corrected chi connectivity index (χ2v) is 7.99. The molecular weight excluding hydrogens is 318 g/mol. The lowest BCUT2D eigenvalue weighted by atomic mass is 10.2. The van der Waals surface area contributed by atoms with Crippen LogP contribution in [0.1, 0.15) is 12.8 Å². The van der Waals surface area contributed by atoms with Gasteiger partial charge in [-0.2, -0.15) is 4.31 Å². The summed E-state index contributed by atoms with van der Waals surface area (Å²) >= 11 is 0. The molecule has 0 aromatic heterocycles. The fourth-order valence-corrected chi connectivity index (χ4v) is 4.88. The van der Waals surface area contributed by atoms with Gasteiger partial charge in [0.25, 0.3) is 0 Å². The zero-order chi connectivity index (χ0) is 16.0. The highest BCUT2D eigenvalue weighted by Crippen LogP contribution is 2.40. The van der Waals surface area contributed by atoms with Crippen LogP contribution in [0.2, 0.25) is 0 Å². The largest absolute Gasteiger partial charge is 0.489 e. The SMILES string of the molecule is O=C1CCC2COc3cc(S(=O)(=O)N4CCNCC4)ccc3N12. The van der Waals surface area contributed by atoms with Crippen molar-refractivity contribution in [1.82, 2.24) is 9.62 Å². The van der Waals surface area contributed by atoms with Crippen molar-refractivity contribution >= 4 is 21.6 Å². The number of anilines is 1. The molecule has 0 aliphatic carbocycles. The van der Waals surface area contributed by atoms with Crippen molar-refractivity contribution in [3.8, 4) is 5.75 Å². The van der Waals surface area contributed by atoms with Gasteiger partial charge >= 0.3 is 0 Å². The second-order valence-electron chi connectivity index (χ2n) is 6.05. The summed E-state index contributed by atoms with van der Waals surface area (Å²) < 4.78 is 32.7. The van der Waals surface area contributed by atoms with Crippen LogP contribution in [0.5, 0.6) is 5.75 Å². The first-order valence-electron chi connectivity index (χ1n) is 7.87. The lowest BCUT2D eigenvalue weighted by Gasteiger charge is -2.32. The standard InChI is InChI=1S/C15H19N3O4S/c19-15-4-1-11-10-22-14-9-12(2-3-13(14)18(11)15)23(20,21)17-7-5-16-6-8-17/h2-3,9,11,16H,1,4-8,10H2. The first-order valence-corrected chi connectivity index (χ1v) is 9.31. The topological polar surface area (TPSA) is 79.0 Å². The average molecular weight is 337 g/mol. The zero-order valence-corrected chi connectivity index (χ0v) is 13.5. The molecule has 0 radical (unpaired) electrons. The molecule has 0 saturated carbocycles. The van der Waals surface area contributed by atoms with E-state index < -0.39 is 10.0 Å². The molecule has 1 atom stereocenters. The van der Waals surface area contributed by atoms with Crippen LogP contribution in [0.25, 0.3) is 0 Å². The summed E-state index contributed by atoms with van der Waals surface area (Å²) in [5, 5.41) is 3.14. The van der Waals surface area contributed by atoms with Gasteiger partial charge in [0.15, 0.2) is 0 Å². The lowest BCUT2D eigenvalue weighted by Crippen LogP contribution is -2.46. The van der Waals surface area contributed by atoms with Crippen molar-refractivity contribution in [2.75, 3.05) is 37.7 Å². The first-order chi connectivity index (χ1) is 11.1. The molecule has 2 saturated heterocycles. The van der Waals surface area contributed by atoms with Crippen molar-refractivity contribution in [3.05, 3.63) is 18.2 Å². The molecule has 1 amide bonds. The van der Waals surface area contributed by atoms with Crippen molar-refractivity contribution < 1.29 is 17.9 Å². The molecule has 124 valence electrons. The van der Waals surface area contributed by atoms with E-state index in [1.54, 1.807) is 23.1 Å². The second kappa shape index (κ2) is 5.47. The van der Waals surface area contributed by atoms with Gasteiger partial charge in [0.2, 0.25) is 15.9 Å². The van der Waals surface area contributed by atoms with Gasteiger partial charge in [-0.15, -0.1) is 0 Å². The third-order valence-corrected chi connectivity index (χ3v) is 6.56. The van der Waals surface area contributed by atoms with Crippen LogP contribution < -0.4 is 15.0 Å². The molecule has 1 N–H and O–H groups in total. The Balaban J connectivity index is 1.69. The van der Waals surface area contributed by atoms with E-state index in [-0.39, 0.29) is 16.8 Å². The van der Waals surface area contributed by atoms with Crippen molar-refractivity contribution in [3.63, 3.8) is 0 Å². The lowest BCUT2D eigenvalue weighted by molar-refractivity contribution is -0.117. The van der Waals surface area contributed by atoms with Crippen LogP contribution >= 0.6 is 0 Å². The number of carbonyl (C=O) groups excluding carboxylic acids is 1. The average Bonchev–Trinajstić information content (AvgIpc) is 2.97. The Morgan fingerprint density at radius 2 is 2.00 bits per heavy atom. The van der Waals surface area contributed by atoms with Crippen molar-refractivity contribution in [1.29, 1.82) is 0 Å². The highest BCUT2D eigenvalue weighted by Gasteiger charge is 2.38. The maximum atomic E-state index is 12.7. The van der Waals surface area contributed by atoms with Gasteiger partial charge in [0, 0.05) is 38.7 Å². The summed E-state index contributed by atoms with van der Waals surface area (Å²) in [5.74, 6) is 0.560. The van der Waals surface area contributed by atoms with Gasteiger partial charge in [0.1, 0.15) is 12.4 Å². The molecule has 1 aromatic carbocycles. The number of rotatable bonds is 2. The van der Waals surface area contributed by atoms with E-state index in [9.17, 15) is 13.2 Å². The zero-order valence-electron chi connectivity index (χ0n) is 12.7. The minimum atomic E-state index is -3.52. The Labute approximate surface area is 135 Å². The molecule has 0 bridgehead atoms. The normalized spacial score (nSPS) is 25.0. The van der Waals surface area contributed by atoms with E-state index >= 15 is 0 Å². The summed E-state index contributed by atoms with van der Waals surface area (Å²) in [5.41, 5.74) is 0.683. The predicted molar refractivity (Wildman–Crippen MR) is 84.1 cm³/mol. The van der Waals surface area contributed by atoms with E-state index in [1.807, 2.05) is 0 Å². The van der Waals surface area contributed by atoms with E-state index in [0.29, 0.717) is 50.6 Å². The Morgan fingerprint density at radius 3 is 2.78 bits per heavy atom. The summed E-state index contributed by atoms with van der Waals surface area (Å²) in [6.07, 6.45) is 1.31. The van der Waals surface area contributed by atoms with Crippen LogP contribution in [0.15, 0.2) is 23.1 Å². The Hall–Kier alpha value is -1.64. The molecule has 1 aromatic rings. The maximum absolute atomic E-state index is 12.7.